The monoisotopic (exact) mass is 132 g/mol. The molecule has 2 nitrogen and oxygen atoms in total. The summed E-state index contributed by atoms with van der Waals surface area (Å²) in [5.74, 6) is 0.556. The summed E-state index contributed by atoms with van der Waals surface area (Å²) >= 11 is 0. The normalized spacial score (nSPS) is 17.3. The third-order valence-electron chi connectivity index (χ3n) is 1.57. The molecule has 0 aliphatic carbocycles. The van der Waals surface area contributed by atoms with Crippen LogP contribution in [0.1, 0.15) is 26.7 Å². The molecule has 0 aromatic rings. The standard InChI is InChI=1S/C7H16O2/c1-4-6(2)5-7(8)9-3/h6-8H,4-5H2,1-3H3. The Balaban J connectivity index is 3.22. The van der Waals surface area contributed by atoms with Crippen LogP contribution in [0.4, 0.5) is 0 Å². The van der Waals surface area contributed by atoms with Gasteiger partial charge < -0.3 is 9.84 Å². The minimum absolute atomic E-state index is 0.556. The molecule has 0 aliphatic rings. The molecule has 0 radical (unpaired) electrons. The number of ether oxygens (including phenoxy) is 1. The van der Waals surface area contributed by atoms with Crippen LogP contribution in [-0.2, 0) is 4.74 Å². The predicted molar refractivity (Wildman–Crippen MR) is 37.1 cm³/mol. The van der Waals surface area contributed by atoms with Gasteiger partial charge in [0.05, 0.1) is 0 Å². The molecule has 0 aliphatic heterocycles. The van der Waals surface area contributed by atoms with E-state index in [0.717, 1.165) is 12.8 Å². The number of rotatable bonds is 4. The van der Waals surface area contributed by atoms with Gasteiger partial charge in [-0.1, -0.05) is 20.3 Å². The minimum atomic E-state index is -0.569. The summed E-state index contributed by atoms with van der Waals surface area (Å²) < 4.78 is 4.68. The minimum Gasteiger partial charge on any atom is -0.368 e. The fourth-order valence-electron chi connectivity index (χ4n) is 0.607. The summed E-state index contributed by atoms with van der Waals surface area (Å²) in [4.78, 5) is 0. The smallest absolute Gasteiger partial charge is 0.154 e. The molecule has 0 saturated carbocycles. The first kappa shape index (κ1) is 8.92. The molecule has 0 fully saturated rings. The van der Waals surface area contributed by atoms with Crippen LogP contribution in [0.5, 0.6) is 0 Å². The van der Waals surface area contributed by atoms with Crippen LogP contribution >= 0.6 is 0 Å². The molecule has 0 rings (SSSR count). The Hall–Kier alpha value is -0.0800. The second-order valence-corrected chi connectivity index (χ2v) is 2.44. The zero-order valence-electron chi connectivity index (χ0n) is 6.42. The first-order valence-electron chi connectivity index (χ1n) is 3.41. The Morgan fingerprint density at radius 3 is 2.44 bits per heavy atom. The van der Waals surface area contributed by atoms with E-state index in [9.17, 15) is 0 Å². The lowest BCUT2D eigenvalue weighted by atomic mass is 10.1. The lowest BCUT2D eigenvalue weighted by molar-refractivity contribution is -0.0861. The summed E-state index contributed by atoms with van der Waals surface area (Å²) in [6.45, 7) is 4.20. The largest absolute Gasteiger partial charge is 0.368 e. The van der Waals surface area contributed by atoms with Gasteiger partial charge in [-0.15, -0.1) is 0 Å². The van der Waals surface area contributed by atoms with Crippen molar-refractivity contribution in [3.05, 3.63) is 0 Å². The van der Waals surface area contributed by atoms with Crippen LogP contribution in [0.3, 0.4) is 0 Å². The zero-order valence-corrected chi connectivity index (χ0v) is 6.42. The van der Waals surface area contributed by atoms with E-state index in [0.29, 0.717) is 5.92 Å². The Labute approximate surface area is 56.8 Å². The number of aliphatic hydroxyl groups is 1. The quantitative estimate of drug-likeness (QED) is 0.586. The highest BCUT2D eigenvalue weighted by Crippen LogP contribution is 2.09. The molecule has 0 heterocycles. The van der Waals surface area contributed by atoms with E-state index in [1.807, 2.05) is 0 Å². The van der Waals surface area contributed by atoms with Crippen molar-refractivity contribution in [3.63, 3.8) is 0 Å². The molecule has 56 valence electrons. The summed E-state index contributed by atoms with van der Waals surface area (Å²) in [5.41, 5.74) is 0. The molecule has 1 N–H and O–H groups in total. The van der Waals surface area contributed by atoms with E-state index in [2.05, 4.69) is 18.6 Å². The number of aliphatic hydroxyl groups excluding tert-OH is 1. The average Bonchev–Trinajstić information content (AvgIpc) is 1.87. The molecule has 0 aromatic carbocycles. The molecule has 0 spiro atoms. The van der Waals surface area contributed by atoms with E-state index in [4.69, 9.17) is 5.11 Å². The molecular weight excluding hydrogens is 116 g/mol. The highest BCUT2D eigenvalue weighted by atomic mass is 16.6. The van der Waals surface area contributed by atoms with Crippen molar-refractivity contribution in [3.8, 4) is 0 Å². The summed E-state index contributed by atoms with van der Waals surface area (Å²) in [6, 6.07) is 0. The molecule has 0 saturated heterocycles. The maximum absolute atomic E-state index is 8.94. The van der Waals surface area contributed by atoms with Crippen LogP contribution < -0.4 is 0 Å². The van der Waals surface area contributed by atoms with E-state index in [1.165, 1.54) is 7.11 Å². The lowest BCUT2D eigenvalue weighted by Crippen LogP contribution is -2.12. The van der Waals surface area contributed by atoms with Gasteiger partial charge in [-0.05, 0) is 5.92 Å². The molecule has 9 heavy (non-hydrogen) atoms. The van der Waals surface area contributed by atoms with Gasteiger partial charge >= 0.3 is 0 Å². The van der Waals surface area contributed by atoms with Crippen molar-refractivity contribution < 1.29 is 9.84 Å². The van der Waals surface area contributed by atoms with Crippen LogP contribution in [-0.4, -0.2) is 18.5 Å². The van der Waals surface area contributed by atoms with Crippen LogP contribution in [0.25, 0.3) is 0 Å². The first-order chi connectivity index (χ1) is 4.20. The highest BCUT2D eigenvalue weighted by molar-refractivity contribution is 4.50. The number of methoxy groups -OCH3 is 1. The van der Waals surface area contributed by atoms with Crippen LogP contribution in [0.2, 0.25) is 0 Å². The van der Waals surface area contributed by atoms with Gasteiger partial charge in [0.1, 0.15) is 0 Å². The Kier molecular flexibility index (Phi) is 4.72. The van der Waals surface area contributed by atoms with E-state index >= 15 is 0 Å². The fourth-order valence-corrected chi connectivity index (χ4v) is 0.607. The van der Waals surface area contributed by atoms with Gasteiger partial charge in [0.2, 0.25) is 0 Å². The second kappa shape index (κ2) is 4.77. The third-order valence-corrected chi connectivity index (χ3v) is 1.57. The number of hydrogen-bond acceptors (Lipinski definition) is 2. The maximum atomic E-state index is 8.94. The van der Waals surface area contributed by atoms with Crippen molar-refractivity contribution in [2.45, 2.75) is 33.0 Å². The molecule has 0 amide bonds. The van der Waals surface area contributed by atoms with Crippen LogP contribution in [0, 0.1) is 5.92 Å². The molecule has 0 bridgehead atoms. The SMILES string of the molecule is CCC(C)CC(O)OC. The first-order valence-corrected chi connectivity index (χ1v) is 3.41. The molecule has 2 unspecified atom stereocenters. The van der Waals surface area contributed by atoms with E-state index in [1.54, 1.807) is 0 Å². The third kappa shape index (κ3) is 4.43. The Bertz CT molecular complexity index is 55.9. The maximum Gasteiger partial charge on any atom is 0.154 e. The van der Waals surface area contributed by atoms with E-state index < -0.39 is 6.29 Å². The van der Waals surface area contributed by atoms with Crippen molar-refractivity contribution in [1.29, 1.82) is 0 Å². The Morgan fingerprint density at radius 1 is 1.56 bits per heavy atom. The molecule has 2 heteroatoms. The molecular formula is C7H16O2. The van der Waals surface area contributed by atoms with Gasteiger partial charge in [-0.25, -0.2) is 0 Å². The number of hydrogen-bond donors (Lipinski definition) is 1. The Morgan fingerprint density at radius 2 is 2.11 bits per heavy atom. The van der Waals surface area contributed by atoms with Crippen molar-refractivity contribution in [2.24, 2.45) is 5.92 Å². The van der Waals surface area contributed by atoms with Crippen molar-refractivity contribution >= 4 is 0 Å². The van der Waals surface area contributed by atoms with Gasteiger partial charge in [0.15, 0.2) is 6.29 Å². The second-order valence-electron chi connectivity index (χ2n) is 2.44. The van der Waals surface area contributed by atoms with Gasteiger partial charge in [-0.2, -0.15) is 0 Å². The molecule has 0 aromatic heterocycles. The zero-order chi connectivity index (χ0) is 7.28. The molecule has 2 atom stereocenters. The summed E-state index contributed by atoms with van der Waals surface area (Å²) in [5, 5.41) is 8.94. The highest BCUT2D eigenvalue weighted by Gasteiger charge is 2.05. The fraction of sp³-hybridized carbons (Fsp3) is 1.00. The topological polar surface area (TPSA) is 29.5 Å². The van der Waals surface area contributed by atoms with Crippen LogP contribution in [0.15, 0.2) is 0 Å². The average molecular weight is 132 g/mol. The van der Waals surface area contributed by atoms with E-state index in [-0.39, 0.29) is 0 Å². The van der Waals surface area contributed by atoms with Crippen molar-refractivity contribution in [2.75, 3.05) is 7.11 Å². The summed E-state index contributed by atoms with van der Waals surface area (Å²) in [6.07, 6.45) is 1.27. The predicted octanol–water partition coefficient (Wildman–Crippen LogP) is 1.39. The van der Waals surface area contributed by atoms with Crippen molar-refractivity contribution in [1.82, 2.24) is 0 Å². The van der Waals surface area contributed by atoms with Gasteiger partial charge in [0.25, 0.3) is 0 Å². The van der Waals surface area contributed by atoms with Gasteiger partial charge in [0, 0.05) is 13.5 Å². The van der Waals surface area contributed by atoms with Gasteiger partial charge in [-0.3, -0.25) is 0 Å². The summed E-state index contributed by atoms with van der Waals surface area (Å²) in [7, 11) is 1.52. The lowest BCUT2D eigenvalue weighted by Gasteiger charge is -2.12.